The number of benzene rings is 1. The molecule has 1 aliphatic rings. The summed E-state index contributed by atoms with van der Waals surface area (Å²) in [6.07, 6.45) is 1.74. The third-order valence-corrected chi connectivity index (χ3v) is 5.78. The van der Waals surface area contributed by atoms with Crippen molar-refractivity contribution in [1.82, 2.24) is 30.2 Å². The number of hydrogen-bond acceptors (Lipinski definition) is 7. The van der Waals surface area contributed by atoms with Gasteiger partial charge in [0.2, 0.25) is 11.7 Å². The maximum atomic E-state index is 13.2. The average molecular weight is 462 g/mol. The van der Waals surface area contributed by atoms with Crippen LogP contribution in [0.25, 0.3) is 22.6 Å². The van der Waals surface area contributed by atoms with Crippen molar-refractivity contribution in [3.05, 3.63) is 66.1 Å². The van der Waals surface area contributed by atoms with Gasteiger partial charge in [-0.25, -0.2) is 9.37 Å². The Labute approximate surface area is 195 Å². The minimum absolute atomic E-state index is 0.109. The minimum Gasteiger partial charge on any atom is -0.353 e. The van der Waals surface area contributed by atoms with Crippen LogP contribution in [-0.2, 0) is 0 Å². The molecule has 4 aromatic rings. The van der Waals surface area contributed by atoms with E-state index in [0.29, 0.717) is 49.3 Å². The molecule has 1 N–H and O–H groups in total. The quantitative estimate of drug-likeness (QED) is 0.483. The number of hydrogen-bond donors (Lipinski definition) is 1. The first-order chi connectivity index (χ1) is 16.5. The molecule has 3 aromatic heterocycles. The van der Waals surface area contributed by atoms with Gasteiger partial charge in [0.1, 0.15) is 17.3 Å². The van der Waals surface area contributed by atoms with Gasteiger partial charge in [-0.05, 0) is 42.5 Å². The van der Waals surface area contributed by atoms with Gasteiger partial charge < -0.3 is 14.3 Å². The number of piperazine rings is 1. The lowest BCUT2D eigenvalue weighted by Gasteiger charge is -2.35. The van der Waals surface area contributed by atoms with Gasteiger partial charge in [0.25, 0.3) is 5.91 Å². The number of H-pyrrole nitrogens is 1. The second-order valence-electron chi connectivity index (χ2n) is 8.47. The van der Waals surface area contributed by atoms with Gasteiger partial charge in [0.05, 0.1) is 5.69 Å². The topological polar surface area (TPSA) is 104 Å². The molecule has 1 aliphatic heterocycles. The fraction of sp³-hybridized carbons (Fsp3) is 0.292. The van der Waals surface area contributed by atoms with Crippen LogP contribution in [0.15, 0.2) is 53.2 Å². The molecule has 0 bridgehead atoms. The molecule has 0 radical (unpaired) electrons. The number of amides is 1. The monoisotopic (exact) mass is 461 g/mol. The summed E-state index contributed by atoms with van der Waals surface area (Å²) >= 11 is 0. The molecule has 9 nitrogen and oxygen atoms in total. The van der Waals surface area contributed by atoms with Gasteiger partial charge >= 0.3 is 0 Å². The zero-order chi connectivity index (χ0) is 23.7. The second kappa shape index (κ2) is 9.05. The van der Waals surface area contributed by atoms with E-state index in [1.165, 1.54) is 12.1 Å². The van der Waals surface area contributed by atoms with E-state index < -0.39 is 0 Å². The van der Waals surface area contributed by atoms with Crippen molar-refractivity contribution in [2.24, 2.45) is 0 Å². The summed E-state index contributed by atoms with van der Waals surface area (Å²) in [7, 11) is 0. The number of halogens is 1. The van der Waals surface area contributed by atoms with Crippen LogP contribution in [-0.4, -0.2) is 62.3 Å². The lowest BCUT2D eigenvalue weighted by Crippen LogP contribution is -2.49. The molecule has 0 aliphatic carbocycles. The van der Waals surface area contributed by atoms with Crippen molar-refractivity contribution < 1.29 is 13.7 Å². The maximum absolute atomic E-state index is 13.2. The molecule has 0 saturated carbocycles. The number of aromatic amines is 1. The van der Waals surface area contributed by atoms with E-state index in [-0.39, 0.29) is 17.6 Å². The molecule has 1 amide bonds. The van der Waals surface area contributed by atoms with Crippen molar-refractivity contribution in [2.45, 2.75) is 19.8 Å². The lowest BCUT2D eigenvalue weighted by atomic mass is 10.1. The number of anilines is 1. The Morgan fingerprint density at radius 2 is 1.79 bits per heavy atom. The van der Waals surface area contributed by atoms with E-state index in [1.807, 2.05) is 26.0 Å². The number of aromatic nitrogens is 5. The summed E-state index contributed by atoms with van der Waals surface area (Å²) in [6.45, 7) is 6.46. The first kappa shape index (κ1) is 21.7. The Kier molecular flexibility index (Phi) is 5.79. The SMILES string of the molecule is CC(C)c1nc(-c2ccc(N3CCN(C(=O)c4cc(-c5ccc(F)cc5)n[nH]4)CC3)nc2)no1. The van der Waals surface area contributed by atoms with Crippen LogP contribution in [0.3, 0.4) is 0 Å². The molecular formula is C24H24FN7O2. The van der Waals surface area contributed by atoms with E-state index in [0.717, 1.165) is 16.9 Å². The molecule has 1 saturated heterocycles. The summed E-state index contributed by atoms with van der Waals surface area (Å²) in [5.41, 5.74) is 2.56. The number of pyridine rings is 1. The molecule has 10 heteroatoms. The van der Waals surface area contributed by atoms with Gasteiger partial charge in [-0.1, -0.05) is 19.0 Å². The van der Waals surface area contributed by atoms with Crippen LogP contribution >= 0.6 is 0 Å². The molecule has 5 rings (SSSR count). The van der Waals surface area contributed by atoms with Gasteiger partial charge in [-0.2, -0.15) is 10.1 Å². The third-order valence-electron chi connectivity index (χ3n) is 5.78. The standard InChI is InChI=1S/C24H24FN7O2/c1-15(2)23-27-22(30-34-23)17-5-8-21(26-14-17)31-9-11-32(12-10-31)24(33)20-13-19(28-29-20)16-3-6-18(25)7-4-16/h3-8,13-15H,9-12H2,1-2H3,(H,28,29). The first-order valence-electron chi connectivity index (χ1n) is 11.1. The number of nitrogens with zero attached hydrogens (tertiary/aromatic N) is 6. The Morgan fingerprint density at radius 1 is 1.06 bits per heavy atom. The molecule has 4 heterocycles. The van der Waals surface area contributed by atoms with Crippen LogP contribution < -0.4 is 4.90 Å². The molecule has 1 aromatic carbocycles. The van der Waals surface area contributed by atoms with Gasteiger partial charge in [0.15, 0.2) is 0 Å². The van der Waals surface area contributed by atoms with Crippen LogP contribution in [0, 0.1) is 5.82 Å². The fourth-order valence-corrected chi connectivity index (χ4v) is 3.80. The normalized spacial score (nSPS) is 14.1. The van der Waals surface area contributed by atoms with E-state index in [9.17, 15) is 9.18 Å². The largest absolute Gasteiger partial charge is 0.353 e. The minimum atomic E-state index is -0.312. The number of carbonyl (C=O) groups is 1. The molecule has 174 valence electrons. The van der Waals surface area contributed by atoms with Gasteiger partial charge in [-0.3, -0.25) is 9.89 Å². The summed E-state index contributed by atoms with van der Waals surface area (Å²) < 4.78 is 18.4. The zero-order valence-electron chi connectivity index (χ0n) is 18.9. The highest BCUT2D eigenvalue weighted by Gasteiger charge is 2.24. The number of carbonyl (C=O) groups excluding carboxylic acids is 1. The second-order valence-corrected chi connectivity index (χ2v) is 8.47. The van der Waals surface area contributed by atoms with Crippen LogP contribution in [0.5, 0.6) is 0 Å². The lowest BCUT2D eigenvalue weighted by molar-refractivity contribution is 0.0740. The summed E-state index contributed by atoms with van der Waals surface area (Å²) in [4.78, 5) is 25.8. The molecule has 0 spiro atoms. The Hall–Kier alpha value is -4.08. The Bertz CT molecular complexity index is 1270. The first-order valence-corrected chi connectivity index (χ1v) is 11.1. The predicted molar refractivity (Wildman–Crippen MR) is 124 cm³/mol. The van der Waals surface area contributed by atoms with E-state index in [2.05, 4.69) is 30.2 Å². The fourth-order valence-electron chi connectivity index (χ4n) is 3.80. The van der Waals surface area contributed by atoms with E-state index >= 15 is 0 Å². The Morgan fingerprint density at radius 3 is 2.44 bits per heavy atom. The number of nitrogens with one attached hydrogen (secondary N) is 1. The van der Waals surface area contributed by atoms with Crippen LogP contribution in [0.2, 0.25) is 0 Å². The van der Waals surface area contributed by atoms with E-state index in [4.69, 9.17) is 4.52 Å². The molecule has 0 atom stereocenters. The van der Waals surface area contributed by atoms with Crippen LogP contribution in [0.4, 0.5) is 10.2 Å². The smallest absolute Gasteiger partial charge is 0.272 e. The average Bonchev–Trinajstić information content (AvgIpc) is 3.55. The van der Waals surface area contributed by atoms with Crippen molar-refractivity contribution in [3.63, 3.8) is 0 Å². The molecule has 34 heavy (non-hydrogen) atoms. The van der Waals surface area contributed by atoms with Crippen molar-refractivity contribution >= 4 is 11.7 Å². The van der Waals surface area contributed by atoms with Gasteiger partial charge in [-0.15, -0.1) is 0 Å². The van der Waals surface area contributed by atoms with Crippen molar-refractivity contribution in [1.29, 1.82) is 0 Å². The molecule has 0 unspecified atom stereocenters. The highest BCUT2D eigenvalue weighted by molar-refractivity contribution is 5.93. The van der Waals surface area contributed by atoms with E-state index in [1.54, 1.807) is 29.3 Å². The highest BCUT2D eigenvalue weighted by Crippen LogP contribution is 2.23. The summed E-state index contributed by atoms with van der Waals surface area (Å²) in [5, 5.41) is 11.0. The van der Waals surface area contributed by atoms with Crippen molar-refractivity contribution in [3.8, 4) is 22.6 Å². The zero-order valence-corrected chi connectivity index (χ0v) is 18.9. The maximum Gasteiger partial charge on any atom is 0.272 e. The van der Waals surface area contributed by atoms with Crippen LogP contribution in [0.1, 0.15) is 36.1 Å². The third kappa shape index (κ3) is 4.39. The predicted octanol–water partition coefficient (Wildman–Crippen LogP) is 3.75. The highest BCUT2D eigenvalue weighted by atomic mass is 19.1. The number of rotatable bonds is 5. The summed E-state index contributed by atoms with van der Waals surface area (Å²) in [6, 6.07) is 11.6. The molecule has 1 fully saturated rings. The van der Waals surface area contributed by atoms with Gasteiger partial charge in [0, 0.05) is 49.4 Å². The Balaban J connectivity index is 1.20. The molecular weight excluding hydrogens is 437 g/mol. The van der Waals surface area contributed by atoms with Crippen molar-refractivity contribution in [2.75, 3.05) is 31.1 Å². The summed E-state index contributed by atoms with van der Waals surface area (Å²) in [5.74, 6) is 1.71.